The number of benzene rings is 2. The van der Waals surface area contributed by atoms with Crippen LogP contribution in [0.3, 0.4) is 0 Å². The molecule has 1 saturated carbocycles. The Bertz CT molecular complexity index is 745. The molecule has 1 unspecified atom stereocenters. The van der Waals surface area contributed by atoms with Crippen molar-refractivity contribution in [2.45, 2.75) is 84.0 Å². The first kappa shape index (κ1) is 21.0. The van der Waals surface area contributed by atoms with Crippen molar-refractivity contribution < 1.29 is 8.78 Å². The predicted molar refractivity (Wildman–Crippen MR) is 114 cm³/mol. The molecule has 152 valence electrons. The zero-order valence-electron chi connectivity index (χ0n) is 17.8. The third-order valence-corrected chi connectivity index (χ3v) is 6.75. The molecule has 1 atom stereocenters. The van der Waals surface area contributed by atoms with Gasteiger partial charge < -0.3 is 0 Å². The summed E-state index contributed by atoms with van der Waals surface area (Å²) in [6, 6.07) is 12.3. The summed E-state index contributed by atoms with van der Waals surface area (Å²) in [7, 11) is 0. The lowest BCUT2D eigenvalue weighted by molar-refractivity contribution is 0.271. The summed E-state index contributed by atoms with van der Waals surface area (Å²) in [6.07, 6.45) is 6.65. The van der Waals surface area contributed by atoms with Gasteiger partial charge >= 0.3 is 0 Å². The van der Waals surface area contributed by atoms with E-state index in [1.807, 2.05) is 0 Å². The molecule has 0 heterocycles. The zero-order valence-corrected chi connectivity index (χ0v) is 17.8. The van der Waals surface area contributed by atoms with Crippen molar-refractivity contribution >= 4 is 0 Å². The van der Waals surface area contributed by atoms with Crippen LogP contribution in [0.15, 0.2) is 36.4 Å². The first-order valence-electron chi connectivity index (χ1n) is 11.0. The van der Waals surface area contributed by atoms with Crippen molar-refractivity contribution in [3.63, 3.8) is 0 Å². The maximum absolute atomic E-state index is 14.1. The summed E-state index contributed by atoms with van der Waals surface area (Å²) in [4.78, 5) is 0. The van der Waals surface area contributed by atoms with Crippen LogP contribution in [0.5, 0.6) is 0 Å². The maximum atomic E-state index is 14.1. The summed E-state index contributed by atoms with van der Waals surface area (Å²) in [5.41, 5.74) is 3.82. The highest BCUT2D eigenvalue weighted by Gasteiger charge is 2.29. The van der Waals surface area contributed by atoms with E-state index in [1.165, 1.54) is 30.9 Å². The first-order chi connectivity index (χ1) is 13.4. The van der Waals surface area contributed by atoms with E-state index in [2.05, 4.69) is 45.0 Å². The van der Waals surface area contributed by atoms with Gasteiger partial charge in [0.25, 0.3) is 0 Å². The number of hydrogen-bond donors (Lipinski definition) is 0. The molecule has 0 radical (unpaired) electrons. The number of hydrogen-bond acceptors (Lipinski definition) is 0. The highest BCUT2D eigenvalue weighted by molar-refractivity contribution is 5.30. The molecule has 2 aromatic rings. The zero-order chi connectivity index (χ0) is 20.3. The average molecular weight is 385 g/mol. The fourth-order valence-corrected chi connectivity index (χ4v) is 4.87. The van der Waals surface area contributed by atoms with Crippen LogP contribution < -0.4 is 0 Å². The molecule has 1 aliphatic carbocycles. The predicted octanol–water partition coefficient (Wildman–Crippen LogP) is 8.25. The van der Waals surface area contributed by atoms with Crippen molar-refractivity contribution in [2.24, 2.45) is 5.92 Å². The van der Waals surface area contributed by atoms with Gasteiger partial charge in [-0.05, 0) is 91.5 Å². The molecular weight excluding hydrogens is 350 g/mol. The van der Waals surface area contributed by atoms with Crippen molar-refractivity contribution in [3.05, 3.63) is 70.3 Å². The minimum absolute atomic E-state index is 0.132. The van der Waals surface area contributed by atoms with Gasteiger partial charge in [-0.2, -0.15) is 0 Å². The van der Waals surface area contributed by atoms with E-state index >= 15 is 0 Å². The summed E-state index contributed by atoms with van der Waals surface area (Å²) in [5, 5.41) is 0. The van der Waals surface area contributed by atoms with Gasteiger partial charge in [0, 0.05) is 5.56 Å². The molecule has 1 fully saturated rings. The molecule has 0 amide bonds. The summed E-state index contributed by atoms with van der Waals surface area (Å²) in [6.45, 7) is 8.13. The van der Waals surface area contributed by atoms with Gasteiger partial charge in [-0.1, -0.05) is 51.5 Å². The van der Waals surface area contributed by atoms with E-state index in [1.54, 1.807) is 12.1 Å². The van der Waals surface area contributed by atoms with Crippen LogP contribution in [0.1, 0.15) is 99.3 Å². The van der Waals surface area contributed by atoms with Gasteiger partial charge in [0.05, 0.1) is 0 Å². The van der Waals surface area contributed by atoms with E-state index in [0.29, 0.717) is 17.8 Å². The second-order valence-electron chi connectivity index (χ2n) is 8.94. The Kier molecular flexibility index (Phi) is 6.91. The quantitative estimate of drug-likeness (QED) is 0.470. The fourth-order valence-electron chi connectivity index (χ4n) is 4.87. The van der Waals surface area contributed by atoms with Crippen LogP contribution in [0, 0.1) is 24.5 Å². The van der Waals surface area contributed by atoms with Crippen LogP contribution >= 0.6 is 0 Å². The summed E-state index contributed by atoms with van der Waals surface area (Å²) in [5.74, 6) is 1.15. The Morgan fingerprint density at radius 2 is 1.46 bits per heavy atom. The number of halogens is 2. The highest BCUT2D eigenvalue weighted by atomic mass is 19.1. The molecule has 0 aliphatic heterocycles. The van der Waals surface area contributed by atoms with Crippen LogP contribution in [0.25, 0.3) is 0 Å². The third-order valence-electron chi connectivity index (χ3n) is 6.75. The highest BCUT2D eigenvalue weighted by Crippen LogP contribution is 2.44. The molecule has 2 heteroatoms. The molecule has 3 rings (SSSR count). The largest absolute Gasteiger partial charge is 0.207 e. The van der Waals surface area contributed by atoms with E-state index in [4.69, 9.17) is 0 Å². The minimum Gasteiger partial charge on any atom is -0.207 e. The molecule has 0 saturated heterocycles. The second-order valence-corrected chi connectivity index (χ2v) is 8.94. The second kappa shape index (κ2) is 9.20. The molecule has 0 nitrogen and oxygen atoms in total. The third kappa shape index (κ3) is 4.64. The normalized spacial score (nSPS) is 21.1. The Balaban J connectivity index is 1.70. The van der Waals surface area contributed by atoms with Gasteiger partial charge in [-0.15, -0.1) is 0 Å². The topological polar surface area (TPSA) is 0 Å². The van der Waals surface area contributed by atoms with Crippen molar-refractivity contribution in [1.29, 1.82) is 0 Å². The van der Waals surface area contributed by atoms with Gasteiger partial charge in [0.1, 0.15) is 11.6 Å². The van der Waals surface area contributed by atoms with Crippen LogP contribution in [-0.2, 0) is 0 Å². The Morgan fingerprint density at radius 3 is 1.96 bits per heavy atom. The van der Waals surface area contributed by atoms with Crippen molar-refractivity contribution in [2.75, 3.05) is 0 Å². The fraction of sp³-hybridized carbons (Fsp3) is 0.538. The van der Waals surface area contributed by atoms with Crippen LogP contribution in [-0.4, -0.2) is 0 Å². The molecular formula is C26H34F2. The SMILES string of the molecule is CCCC(c1cc(F)c(C)c(F)c1)C1CCC(c2ccc(C(C)C)cc2)CC1. The molecule has 1 aliphatic rings. The van der Waals surface area contributed by atoms with Crippen LogP contribution in [0.2, 0.25) is 0 Å². The average Bonchev–Trinajstić information content (AvgIpc) is 2.70. The minimum atomic E-state index is -0.407. The Hall–Kier alpha value is -1.70. The monoisotopic (exact) mass is 384 g/mol. The molecule has 0 spiro atoms. The van der Waals surface area contributed by atoms with E-state index in [9.17, 15) is 8.78 Å². The Morgan fingerprint density at radius 1 is 0.893 bits per heavy atom. The van der Waals surface area contributed by atoms with Crippen LogP contribution in [0.4, 0.5) is 8.78 Å². The standard InChI is InChI=1S/C26H34F2/c1-5-6-24(23-15-25(27)18(4)26(28)16-23)22-13-11-21(12-14-22)20-9-7-19(8-10-20)17(2)3/h7-10,15-17,21-22,24H,5-6,11-14H2,1-4H3. The van der Waals surface area contributed by atoms with Crippen molar-refractivity contribution in [1.82, 2.24) is 0 Å². The van der Waals surface area contributed by atoms with E-state index < -0.39 is 11.6 Å². The molecule has 0 aromatic heterocycles. The van der Waals surface area contributed by atoms with E-state index in [-0.39, 0.29) is 11.5 Å². The summed E-state index contributed by atoms with van der Waals surface area (Å²) < 4.78 is 28.3. The number of rotatable bonds is 6. The van der Waals surface area contributed by atoms with Gasteiger partial charge in [-0.25, -0.2) is 8.78 Å². The van der Waals surface area contributed by atoms with E-state index in [0.717, 1.165) is 31.2 Å². The van der Waals surface area contributed by atoms with Crippen molar-refractivity contribution in [3.8, 4) is 0 Å². The summed E-state index contributed by atoms with van der Waals surface area (Å²) >= 11 is 0. The molecule has 0 N–H and O–H groups in total. The smallest absolute Gasteiger partial charge is 0.129 e. The Labute approximate surface area is 169 Å². The van der Waals surface area contributed by atoms with Gasteiger partial charge in [0.2, 0.25) is 0 Å². The lowest BCUT2D eigenvalue weighted by Crippen LogP contribution is -2.20. The first-order valence-corrected chi connectivity index (χ1v) is 11.0. The lowest BCUT2D eigenvalue weighted by Gasteiger charge is -2.34. The van der Waals surface area contributed by atoms with Gasteiger partial charge in [0.15, 0.2) is 0 Å². The molecule has 28 heavy (non-hydrogen) atoms. The molecule has 0 bridgehead atoms. The van der Waals surface area contributed by atoms with Gasteiger partial charge in [-0.3, -0.25) is 0 Å². The molecule has 2 aromatic carbocycles. The maximum Gasteiger partial charge on any atom is 0.129 e. The lowest BCUT2D eigenvalue weighted by atomic mass is 9.70.